The van der Waals surface area contributed by atoms with Gasteiger partial charge in [-0.1, -0.05) is 60.0 Å². The molecule has 176 valence electrons. The molecule has 7 heteroatoms. The van der Waals surface area contributed by atoms with Gasteiger partial charge in [-0.2, -0.15) is 0 Å². The van der Waals surface area contributed by atoms with Crippen molar-refractivity contribution in [1.29, 1.82) is 0 Å². The second-order valence-corrected chi connectivity index (χ2v) is 8.23. The average Bonchev–Trinajstić information content (AvgIpc) is 2.80. The van der Waals surface area contributed by atoms with Crippen LogP contribution in [0.4, 0.5) is 0 Å². The van der Waals surface area contributed by atoms with Crippen molar-refractivity contribution in [2.45, 2.75) is 46.8 Å². The van der Waals surface area contributed by atoms with Crippen LogP contribution in [0.15, 0.2) is 60.7 Å². The first-order valence-corrected chi connectivity index (χ1v) is 11.0. The van der Waals surface area contributed by atoms with Crippen LogP contribution in [0.25, 0.3) is 11.1 Å². The number of carbonyl (C=O) groups is 3. The van der Waals surface area contributed by atoms with Crippen molar-refractivity contribution in [3.8, 4) is 16.9 Å². The maximum absolute atomic E-state index is 12.6. The predicted octanol–water partition coefficient (Wildman–Crippen LogP) is 5.48. The summed E-state index contributed by atoms with van der Waals surface area (Å²) in [7, 11) is 0. The van der Waals surface area contributed by atoms with E-state index in [1.165, 1.54) is 24.6 Å². The monoisotopic (exact) mass is 548 g/mol. The number of aryl methyl sites for hydroxylation is 2. The Morgan fingerprint density at radius 1 is 0.743 bits per heavy atom. The molecular weight excluding hydrogens is 521 g/mol. The van der Waals surface area contributed by atoms with Crippen molar-refractivity contribution in [3.05, 3.63) is 89.0 Å². The Kier molecular flexibility index (Phi) is 10.4. The van der Waals surface area contributed by atoms with Gasteiger partial charge >= 0.3 is 44.6 Å². The topological polar surface area (TPSA) is 78.9 Å². The first-order valence-electron chi connectivity index (χ1n) is 11.0. The van der Waals surface area contributed by atoms with Gasteiger partial charge in [0.15, 0.2) is 6.10 Å². The fourth-order valence-electron chi connectivity index (χ4n) is 3.12. The molecule has 35 heavy (non-hydrogen) atoms. The standard InChI is InChI=1S/C28H27O6.Y/c1-17(2)32-26(29)20(5)33-28(31)24-14-15-25(19(4)16-24)34-27(30)23-12-10-22(11-13-23)21-8-6-18(3)7-9-21;/h6-15,17,20H,1-5H3;/q-1;+3. The molecule has 0 N–H and O–H groups in total. The molecule has 3 aromatic carbocycles. The quantitative estimate of drug-likeness (QED) is 0.221. The van der Waals surface area contributed by atoms with E-state index in [4.69, 9.17) is 14.2 Å². The molecule has 0 radical (unpaired) electrons. The number of benzene rings is 3. The Hall–Kier alpha value is -2.83. The predicted molar refractivity (Wildman–Crippen MR) is 128 cm³/mol. The van der Waals surface area contributed by atoms with Gasteiger partial charge < -0.3 is 19.0 Å². The van der Waals surface area contributed by atoms with Gasteiger partial charge in [0, 0.05) is 5.75 Å². The Labute approximate surface area is 230 Å². The van der Waals surface area contributed by atoms with Gasteiger partial charge in [0.25, 0.3) is 5.97 Å². The Morgan fingerprint density at radius 2 is 1.31 bits per heavy atom. The van der Waals surface area contributed by atoms with Crippen molar-refractivity contribution in [1.82, 2.24) is 0 Å². The molecule has 3 rings (SSSR count). The molecule has 0 amide bonds. The van der Waals surface area contributed by atoms with Crippen molar-refractivity contribution in [2.24, 2.45) is 0 Å². The zero-order valence-corrected chi connectivity index (χ0v) is 23.3. The van der Waals surface area contributed by atoms with Gasteiger partial charge in [0.05, 0.1) is 11.7 Å². The maximum atomic E-state index is 12.6. The fourth-order valence-corrected chi connectivity index (χ4v) is 3.12. The van der Waals surface area contributed by atoms with Crippen LogP contribution in [0.1, 0.15) is 52.6 Å². The third-order valence-electron chi connectivity index (χ3n) is 4.99. The van der Waals surface area contributed by atoms with Crippen molar-refractivity contribution < 1.29 is 61.3 Å². The van der Waals surface area contributed by atoms with E-state index < -0.39 is 24.0 Å². The second kappa shape index (κ2) is 12.8. The summed E-state index contributed by atoms with van der Waals surface area (Å²) in [5.41, 5.74) is 4.20. The summed E-state index contributed by atoms with van der Waals surface area (Å²) < 4.78 is 15.7. The minimum Gasteiger partial charge on any atom is -0.491 e. The van der Waals surface area contributed by atoms with Gasteiger partial charge in [-0.25, -0.2) is 9.59 Å². The molecule has 0 bridgehead atoms. The Balaban J connectivity index is 0.00000432. The smallest absolute Gasteiger partial charge is 0.491 e. The molecule has 0 aliphatic rings. The van der Waals surface area contributed by atoms with Crippen molar-refractivity contribution in [3.63, 3.8) is 0 Å². The number of ether oxygens (including phenoxy) is 3. The largest absolute Gasteiger partial charge is 3.00 e. The third-order valence-corrected chi connectivity index (χ3v) is 4.99. The molecule has 6 nitrogen and oxygen atoms in total. The molecule has 0 saturated heterocycles. The summed E-state index contributed by atoms with van der Waals surface area (Å²) in [5.74, 6) is -1.59. The fraction of sp³-hybridized carbons (Fsp3) is 0.250. The van der Waals surface area contributed by atoms with Gasteiger partial charge in [-0.3, -0.25) is 0 Å². The number of hydrogen-bond acceptors (Lipinski definition) is 6. The maximum Gasteiger partial charge on any atom is 3.00 e. The van der Waals surface area contributed by atoms with Crippen LogP contribution < -0.4 is 4.74 Å². The van der Waals surface area contributed by atoms with Crippen LogP contribution >= 0.6 is 0 Å². The van der Waals surface area contributed by atoms with Crippen LogP contribution in [0.5, 0.6) is 5.75 Å². The van der Waals surface area contributed by atoms with Crippen molar-refractivity contribution >= 4 is 17.9 Å². The van der Waals surface area contributed by atoms with E-state index in [1.807, 2.05) is 43.3 Å². The van der Waals surface area contributed by atoms with Gasteiger partial charge in [-0.15, -0.1) is 18.2 Å². The summed E-state index contributed by atoms with van der Waals surface area (Å²) >= 11 is 0. The first-order chi connectivity index (χ1) is 16.1. The van der Waals surface area contributed by atoms with Gasteiger partial charge in [0.2, 0.25) is 0 Å². The average molecular weight is 548 g/mol. The van der Waals surface area contributed by atoms with E-state index in [2.05, 4.69) is 6.07 Å². The minimum absolute atomic E-state index is 0. The van der Waals surface area contributed by atoms with E-state index in [0.29, 0.717) is 11.1 Å². The molecule has 0 aromatic heterocycles. The SMILES string of the molecule is Cc1ccc(-c2ccc(C(=O)Oc3ccc(C(=O)OC(C)C(=O)OC(C)C)[c-]c3C)cc2)cc1.[Y+3]. The summed E-state index contributed by atoms with van der Waals surface area (Å²) in [6, 6.07) is 21.1. The summed E-state index contributed by atoms with van der Waals surface area (Å²) in [4.78, 5) is 36.8. The zero-order valence-electron chi connectivity index (χ0n) is 20.5. The second-order valence-electron chi connectivity index (χ2n) is 8.23. The van der Waals surface area contributed by atoms with E-state index in [9.17, 15) is 14.4 Å². The summed E-state index contributed by atoms with van der Waals surface area (Å²) in [6.45, 7) is 8.55. The molecule has 3 aromatic rings. The molecule has 1 unspecified atom stereocenters. The molecule has 0 saturated carbocycles. The van der Waals surface area contributed by atoms with Gasteiger partial charge in [0.1, 0.15) is 0 Å². The minimum atomic E-state index is -1.05. The number of carbonyl (C=O) groups excluding carboxylic acids is 3. The molecule has 0 aliphatic carbocycles. The van der Waals surface area contributed by atoms with Crippen LogP contribution in [0, 0.1) is 19.9 Å². The van der Waals surface area contributed by atoms with Crippen LogP contribution in [0.3, 0.4) is 0 Å². The Morgan fingerprint density at radius 3 is 1.86 bits per heavy atom. The molecule has 1 atom stereocenters. The molecular formula is C28H27O6Y+2. The van der Waals surface area contributed by atoms with Crippen LogP contribution in [0.2, 0.25) is 0 Å². The van der Waals surface area contributed by atoms with Gasteiger partial charge in [-0.05, 0) is 51.0 Å². The third kappa shape index (κ3) is 7.84. The molecule has 0 heterocycles. The normalized spacial score (nSPS) is 11.3. The van der Waals surface area contributed by atoms with Crippen LogP contribution in [-0.2, 0) is 47.0 Å². The van der Waals surface area contributed by atoms with E-state index in [0.717, 1.165) is 11.1 Å². The summed E-state index contributed by atoms with van der Waals surface area (Å²) in [6.07, 6.45) is -1.36. The molecule has 0 aliphatic heterocycles. The number of esters is 3. The number of rotatable bonds is 7. The van der Waals surface area contributed by atoms with Crippen molar-refractivity contribution in [2.75, 3.05) is 0 Å². The Bertz CT molecular complexity index is 1180. The summed E-state index contributed by atoms with van der Waals surface area (Å²) in [5, 5.41) is 0. The van der Waals surface area contributed by atoms with E-state index in [-0.39, 0.29) is 50.1 Å². The zero-order chi connectivity index (χ0) is 24.8. The number of hydrogen-bond donors (Lipinski definition) is 0. The molecule has 0 fully saturated rings. The van der Waals surface area contributed by atoms with Crippen LogP contribution in [-0.4, -0.2) is 30.1 Å². The molecule has 0 spiro atoms. The first kappa shape index (κ1) is 28.4. The van der Waals surface area contributed by atoms with E-state index >= 15 is 0 Å². The van der Waals surface area contributed by atoms with E-state index in [1.54, 1.807) is 32.9 Å².